The van der Waals surface area contributed by atoms with E-state index in [9.17, 15) is 9.59 Å². The zero-order valence-corrected chi connectivity index (χ0v) is 21.1. The molecule has 1 N–H and O–H groups in total. The van der Waals surface area contributed by atoms with Gasteiger partial charge in [-0.05, 0) is 48.2 Å². The molecule has 38 heavy (non-hydrogen) atoms. The van der Waals surface area contributed by atoms with Crippen molar-refractivity contribution >= 4 is 33.3 Å². The molecule has 0 spiro atoms. The molecule has 6 aromatic rings. The van der Waals surface area contributed by atoms with Crippen LogP contribution in [0.2, 0.25) is 5.02 Å². The van der Waals surface area contributed by atoms with Crippen molar-refractivity contribution in [1.82, 2.24) is 19.5 Å². The van der Waals surface area contributed by atoms with Crippen molar-refractivity contribution < 1.29 is 4.74 Å². The summed E-state index contributed by atoms with van der Waals surface area (Å²) in [7, 11) is 0. The molecule has 2 aromatic heterocycles. The maximum absolute atomic E-state index is 13.5. The molecule has 0 radical (unpaired) electrons. The lowest BCUT2D eigenvalue weighted by molar-refractivity contribution is 0.301. The summed E-state index contributed by atoms with van der Waals surface area (Å²) in [6.07, 6.45) is 3.25. The quantitative estimate of drug-likeness (QED) is 0.309. The molecule has 4 aromatic carbocycles. The average molecular weight is 521 g/mol. The van der Waals surface area contributed by atoms with E-state index >= 15 is 0 Å². The third-order valence-corrected chi connectivity index (χ3v) is 6.83. The molecule has 0 aliphatic rings. The molecule has 2 heterocycles. The van der Waals surface area contributed by atoms with Crippen LogP contribution in [0.25, 0.3) is 38.5 Å². The van der Waals surface area contributed by atoms with E-state index in [2.05, 4.69) is 15.0 Å². The molecule has 0 aliphatic heterocycles. The number of fused-ring (bicyclic) bond motifs is 2. The van der Waals surface area contributed by atoms with Crippen LogP contribution in [0.4, 0.5) is 0 Å². The van der Waals surface area contributed by atoms with Gasteiger partial charge in [0.25, 0.3) is 5.56 Å². The van der Waals surface area contributed by atoms with Gasteiger partial charge in [-0.15, -0.1) is 0 Å². The first kappa shape index (κ1) is 23.6. The van der Waals surface area contributed by atoms with Gasteiger partial charge < -0.3 is 9.72 Å². The lowest BCUT2D eigenvalue weighted by Gasteiger charge is -2.14. The zero-order valence-electron chi connectivity index (χ0n) is 20.3. The van der Waals surface area contributed by atoms with E-state index in [0.29, 0.717) is 38.5 Å². The van der Waals surface area contributed by atoms with Gasteiger partial charge in [-0.1, -0.05) is 60.1 Å². The fourth-order valence-electron chi connectivity index (χ4n) is 4.62. The molecule has 6 rings (SSSR count). The Labute approximate surface area is 222 Å². The van der Waals surface area contributed by atoms with Crippen LogP contribution in [0, 0.1) is 6.92 Å². The smallest absolute Gasteiger partial charge is 0.333 e. The summed E-state index contributed by atoms with van der Waals surface area (Å²) >= 11 is 6.61. The van der Waals surface area contributed by atoms with Crippen LogP contribution < -0.4 is 16.0 Å². The highest BCUT2D eigenvalue weighted by Crippen LogP contribution is 2.37. The Hall–Kier alpha value is -4.75. The molecule has 8 heteroatoms. The summed E-state index contributed by atoms with van der Waals surface area (Å²) in [5.41, 5.74) is 2.86. The van der Waals surface area contributed by atoms with Gasteiger partial charge in [0.15, 0.2) is 0 Å². The van der Waals surface area contributed by atoms with Crippen LogP contribution >= 0.6 is 11.6 Å². The van der Waals surface area contributed by atoms with E-state index < -0.39 is 11.2 Å². The van der Waals surface area contributed by atoms with Crippen LogP contribution in [0.15, 0.2) is 101 Å². The van der Waals surface area contributed by atoms with Gasteiger partial charge >= 0.3 is 5.69 Å². The number of aromatic amines is 1. The number of hydrogen-bond acceptors (Lipinski definition) is 5. The van der Waals surface area contributed by atoms with Gasteiger partial charge in [0.05, 0.1) is 33.0 Å². The van der Waals surface area contributed by atoms with Crippen molar-refractivity contribution in [2.45, 2.75) is 13.5 Å². The van der Waals surface area contributed by atoms with Gasteiger partial charge in [-0.2, -0.15) is 0 Å². The Balaban J connectivity index is 1.45. The SMILES string of the molecule is Cc1nccnc1COc1cccc(Cl)c1-c1ccc2c(=O)n(-c3cccc4ccccc34)c(=O)[nH]c2c1. The number of aryl methyl sites for hydroxylation is 1. The summed E-state index contributed by atoms with van der Waals surface area (Å²) in [4.78, 5) is 38.2. The molecule has 0 atom stereocenters. The number of aromatic nitrogens is 4. The van der Waals surface area contributed by atoms with Crippen molar-refractivity contribution in [1.29, 1.82) is 0 Å². The molecule has 0 fully saturated rings. The minimum atomic E-state index is -0.523. The largest absolute Gasteiger partial charge is 0.487 e. The molecule has 0 saturated heterocycles. The molecule has 186 valence electrons. The second kappa shape index (κ2) is 9.61. The molecule has 0 amide bonds. The minimum Gasteiger partial charge on any atom is -0.487 e. The van der Waals surface area contributed by atoms with E-state index in [0.717, 1.165) is 22.2 Å². The van der Waals surface area contributed by atoms with Crippen LogP contribution in [-0.2, 0) is 6.61 Å². The molecule has 0 saturated carbocycles. The van der Waals surface area contributed by atoms with Crippen molar-refractivity contribution in [3.05, 3.63) is 129 Å². The fraction of sp³-hybridized carbons (Fsp3) is 0.0667. The zero-order chi connectivity index (χ0) is 26.2. The number of nitrogens with one attached hydrogen (secondary N) is 1. The van der Waals surface area contributed by atoms with E-state index in [1.54, 1.807) is 48.8 Å². The highest BCUT2D eigenvalue weighted by atomic mass is 35.5. The number of hydrogen-bond donors (Lipinski definition) is 1. The predicted molar refractivity (Wildman–Crippen MR) is 149 cm³/mol. The molecule has 0 bridgehead atoms. The predicted octanol–water partition coefficient (Wildman–Crippen LogP) is 5.83. The summed E-state index contributed by atoms with van der Waals surface area (Å²) in [6, 6.07) is 23.8. The normalized spacial score (nSPS) is 11.2. The summed E-state index contributed by atoms with van der Waals surface area (Å²) in [5, 5.41) is 2.61. The number of ether oxygens (including phenoxy) is 1. The monoisotopic (exact) mass is 520 g/mol. The number of H-pyrrole nitrogens is 1. The van der Waals surface area contributed by atoms with Gasteiger partial charge in [-0.3, -0.25) is 14.8 Å². The maximum Gasteiger partial charge on any atom is 0.333 e. The lowest BCUT2D eigenvalue weighted by atomic mass is 10.0. The van der Waals surface area contributed by atoms with Crippen LogP contribution in [0.5, 0.6) is 5.75 Å². The second-order valence-corrected chi connectivity index (χ2v) is 9.23. The summed E-state index contributed by atoms with van der Waals surface area (Å²) in [6.45, 7) is 2.09. The van der Waals surface area contributed by atoms with E-state index in [4.69, 9.17) is 16.3 Å². The average Bonchev–Trinajstić information content (AvgIpc) is 2.92. The third-order valence-electron chi connectivity index (χ3n) is 6.52. The Morgan fingerprint density at radius 1 is 0.895 bits per heavy atom. The molecular formula is C30H21ClN4O3. The first-order valence-corrected chi connectivity index (χ1v) is 12.3. The number of rotatable bonds is 5. The Morgan fingerprint density at radius 2 is 1.68 bits per heavy atom. The number of halogens is 1. The summed E-state index contributed by atoms with van der Waals surface area (Å²) < 4.78 is 7.27. The highest BCUT2D eigenvalue weighted by Gasteiger charge is 2.16. The van der Waals surface area contributed by atoms with Crippen molar-refractivity contribution in [3.63, 3.8) is 0 Å². The van der Waals surface area contributed by atoms with Gasteiger partial charge in [0.1, 0.15) is 12.4 Å². The third kappa shape index (κ3) is 4.13. The minimum absolute atomic E-state index is 0.215. The van der Waals surface area contributed by atoms with E-state index in [-0.39, 0.29) is 6.61 Å². The maximum atomic E-state index is 13.5. The van der Waals surface area contributed by atoms with Crippen molar-refractivity contribution in [2.75, 3.05) is 0 Å². The van der Waals surface area contributed by atoms with Crippen LogP contribution in [-0.4, -0.2) is 19.5 Å². The topological polar surface area (TPSA) is 89.9 Å². The Bertz CT molecular complexity index is 1960. The van der Waals surface area contributed by atoms with Crippen LogP contribution in [0.3, 0.4) is 0 Å². The Kier molecular flexibility index (Phi) is 5.98. The molecule has 7 nitrogen and oxygen atoms in total. The highest BCUT2D eigenvalue weighted by molar-refractivity contribution is 6.33. The van der Waals surface area contributed by atoms with Gasteiger partial charge in [0.2, 0.25) is 0 Å². The first-order chi connectivity index (χ1) is 18.5. The molecule has 0 aliphatic carbocycles. The van der Waals surface area contributed by atoms with Crippen LogP contribution in [0.1, 0.15) is 11.4 Å². The second-order valence-electron chi connectivity index (χ2n) is 8.82. The van der Waals surface area contributed by atoms with Gasteiger partial charge in [0, 0.05) is 23.3 Å². The Morgan fingerprint density at radius 3 is 2.55 bits per heavy atom. The summed E-state index contributed by atoms with van der Waals surface area (Å²) in [5.74, 6) is 0.549. The number of nitrogens with zero attached hydrogens (tertiary/aromatic N) is 3. The van der Waals surface area contributed by atoms with E-state index in [1.807, 2.05) is 49.4 Å². The number of benzene rings is 4. The van der Waals surface area contributed by atoms with Crippen molar-refractivity contribution in [3.8, 4) is 22.6 Å². The molecule has 0 unspecified atom stereocenters. The standard InChI is InChI=1S/C30H21ClN4O3/c1-18-25(33-15-14-32-18)17-38-27-11-5-9-23(31)28(27)20-12-13-22-24(16-20)34-30(37)35(29(22)36)26-10-4-7-19-6-2-3-8-21(19)26/h2-16H,17H2,1H3,(H,34,37). The first-order valence-electron chi connectivity index (χ1n) is 12.0. The van der Waals surface area contributed by atoms with Crippen molar-refractivity contribution in [2.24, 2.45) is 0 Å². The van der Waals surface area contributed by atoms with E-state index in [1.165, 1.54) is 4.57 Å². The van der Waals surface area contributed by atoms with Gasteiger partial charge in [-0.25, -0.2) is 9.36 Å². The molecular weight excluding hydrogens is 500 g/mol. The lowest BCUT2D eigenvalue weighted by Crippen LogP contribution is -2.33. The fourth-order valence-corrected chi connectivity index (χ4v) is 4.90.